The van der Waals surface area contributed by atoms with Gasteiger partial charge in [0, 0.05) is 6.42 Å². The molecular weight excluding hydrogens is 564 g/mol. The van der Waals surface area contributed by atoms with Crippen LogP contribution in [0, 0.1) is 46.3 Å². The highest BCUT2D eigenvalue weighted by Crippen LogP contribution is 2.67. The quantitative estimate of drug-likeness (QED) is 0.116. The first-order valence-electron chi connectivity index (χ1n) is 20.3. The number of fused-ring (bicyclic) bond motifs is 5. The lowest BCUT2D eigenvalue weighted by molar-refractivity contribution is -0.137. The molecule has 0 heterocycles. The Hall–Kier alpha value is -1.09. The molecule has 0 saturated heterocycles. The highest BCUT2D eigenvalue weighted by atomic mass is 16.4. The van der Waals surface area contributed by atoms with E-state index in [4.69, 9.17) is 5.11 Å². The summed E-state index contributed by atoms with van der Waals surface area (Å²) in [6, 6.07) is 0. The van der Waals surface area contributed by atoms with Crippen molar-refractivity contribution in [3.05, 3.63) is 23.8 Å². The number of aliphatic hydroxyl groups excluding tert-OH is 1. The van der Waals surface area contributed by atoms with E-state index in [2.05, 4.69) is 59.8 Å². The molecule has 3 nitrogen and oxygen atoms in total. The van der Waals surface area contributed by atoms with E-state index in [1.807, 2.05) is 0 Å². The molecule has 0 aromatic carbocycles. The molecule has 4 rings (SSSR count). The van der Waals surface area contributed by atoms with Gasteiger partial charge in [0.15, 0.2) is 0 Å². The first-order chi connectivity index (χ1) is 22.0. The van der Waals surface area contributed by atoms with Crippen molar-refractivity contribution in [2.24, 2.45) is 46.3 Å². The Morgan fingerprint density at radius 2 is 1.52 bits per heavy atom. The number of aliphatic carboxylic acids is 1. The second kappa shape index (κ2) is 19.8. The van der Waals surface area contributed by atoms with Crippen molar-refractivity contribution in [1.29, 1.82) is 0 Å². The molecule has 46 heavy (non-hydrogen) atoms. The van der Waals surface area contributed by atoms with Gasteiger partial charge in [0.25, 0.3) is 0 Å². The van der Waals surface area contributed by atoms with Crippen molar-refractivity contribution in [3.63, 3.8) is 0 Å². The molecule has 0 aromatic rings. The van der Waals surface area contributed by atoms with E-state index < -0.39 is 5.97 Å². The van der Waals surface area contributed by atoms with Crippen LogP contribution in [0.25, 0.3) is 0 Å². The molecule has 0 amide bonds. The van der Waals surface area contributed by atoms with Gasteiger partial charge in [0.05, 0.1) is 6.10 Å². The van der Waals surface area contributed by atoms with Crippen LogP contribution in [-0.4, -0.2) is 22.3 Å². The van der Waals surface area contributed by atoms with E-state index in [9.17, 15) is 9.90 Å². The minimum Gasteiger partial charge on any atom is -0.481 e. The summed E-state index contributed by atoms with van der Waals surface area (Å²) in [7, 11) is 0. The van der Waals surface area contributed by atoms with Gasteiger partial charge in [0.1, 0.15) is 0 Å². The summed E-state index contributed by atoms with van der Waals surface area (Å²) in [6.45, 7) is 14.8. The number of hydrogen-bond acceptors (Lipinski definition) is 2. The van der Waals surface area contributed by atoms with Crippen molar-refractivity contribution >= 4 is 5.97 Å². The first kappa shape index (κ1) is 39.3. The molecule has 266 valence electrons. The predicted molar refractivity (Wildman–Crippen MR) is 197 cm³/mol. The SMILES string of the molecule is CC(C)CCCC(C)[C@H]1CC[C@H]2[C@@H]3CC=C4C[C@@H](O)CC[C@]4(C)[C@H]3CC[C@]12C.CCCCCC/C=C\CCCCCCCC(=O)O. The van der Waals surface area contributed by atoms with E-state index in [-0.39, 0.29) is 6.10 Å². The zero-order valence-electron chi connectivity index (χ0n) is 31.3. The highest BCUT2D eigenvalue weighted by molar-refractivity contribution is 5.66. The van der Waals surface area contributed by atoms with Gasteiger partial charge in [-0.25, -0.2) is 0 Å². The molecular formula is C43H76O3. The molecule has 0 radical (unpaired) electrons. The second-order valence-corrected chi connectivity index (χ2v) is 17.2. The van der Waals surface area contributed by atoms with Gasteiger partial charge >= 0.3 is 5.97 Å². The van der Waals surface area contributed by atoms with Crippen LogP contribution < -0.4 is 0 Å². The lowest BCUT2D eigenvalue weighted by Crippen LogP contribution is -2.50. The van der Waals surface area contributed by atoms with Crippen molar-refractivity contribution in [2.45, 2.75) is 195 Å². The van der Waals surface area contributed by atoms with Crippen LogP contribution in [0.2, 0.25) is 0 Å². The zero-order chi connectivity index (χ0) is 33.6. The van der Waals surface area contributed by atoms with E-state index >= 15 is 0 Å². The molecule has 3 heteroatoms. The van der Waals surface area contributed by atoms with E-state index in [0.29, 0.717) is 17.3 Å². The minimum atomic E-state index is -0.666. The fourth-order valence-electron chi connectivity index (χ4n) is 10.7. The number of carbonyl (C=O) groups is 1. The van der Waals surface area contributed by atoms with Crippen LogP contribution >= 0.6 is 0 Å². The summed E-state index contributed by atoms with van der Waals surface area (Å²) in [5, 5.41) is 18.7. The maximum Gasteiger partial charge on any atom is 0.303 e. The molecule has 1 unspecified atom stereocenters. The van der Waals surface area contributed by atoms with Gasteiger partial charge in [-0.3, -0.25) is 4.79 Å². The summed E-state index contributed by atoms with van der Waals surface area (Å²) >= 11 is 0. The van der Waals surface area contributed by atoms with E-state index in [1.165, 1.54) is 116 Å². The highest BCUT2D eigenvalue weighted by Gasteiger charge is 2.59. The van der Waals surface area contributed by atoms with Crippen LogP contribution in [0.5, 0.6) is 0 Å². The van der Waals surface area contributed by atoms with Crippen LogP contribution in [-0.2, 0) is 4.79 Å². The Bertz CT molecular complexity index is 934. The van der Waals surface area contributed by atoms with Gasteiger partial charge in [-0.05, 0) is 130 Å². The third-order valence-corrected chi connectivity index (χ3v) is 13.4. The molecule has 0 aromatic heterocycles. The molecule has 0 spiro atoms. The number of allylic oxidation sites excluding steroid dienone is 3. The minimum absolute atomic E-state index is 0.0766. The maximum absolute atomic E-state index is 10.3. The Morgan fingerprint density at radius 3 is 2.20 bits per heavy atom. The smallest absolute Gasteiger partial charge is 0.303 e. The summed E-state index contributed by atoms with van der Waals surface area (Å²) in [6.07, 6.45) is 35.5. The summed E-state index contributed by atoms with van der Waals surface area (Å²) in [5.41, 5.74) is 2.60. The molecule has 0 bridgehead atoms. The van der Waals surface area contributed by atoms with Gasteiger partial charge in [-0.15, -0.1) is 0 Å². The number of carboxylic acids is 1. The van der Waals surface area contributed by atoms with Crippen molar-refractivity contribution in [1.82, 2.24) is 0 Å². The fourth-order valence-corrected chi connectivity index (χ4v) is 10.7. The van der Waals surface area contributed by atoms with Crippen molar-refractivity contribution < 1.29 is 15.0 Å². The molecule has 2 N–H and O–H groups in total. The largest absolute Gasteiger partial charge is 0.481 e. The van der Waals surface area contributed by atoms with E-state index in [0.717, 1.165) is 61.2 Å². The Labute approximate surface area is 285 Å². The van der Waals surface area contributed by atoms with Gasteiger partial charge in [0.2, 0.25) is 0 Å². The maximum atomic E-state index is 10.3. The molecule has 0 aliphatic heterocycles. The first-order valence-corrected chi connectivity index (χ1v) is 20.3. The monoisotopic (exact) mass is 641 g/mol. The Balaban J connectivity index is 0.000000280. The van der Waals surface area contributed by atoms with Gasteiger partial charge < -0.3 is 10.2 Å². The number of aliphatic hydroxyl groups is 1. The van der Waals surface area contributed by atoms with Crippen LogP contribution in [0.4, 0.5) is 0 Å². The van der Waals surface area contributed by atoms with Gasteiger partial charge in [-0.2, -0.15) is 0 Å². The number of carboxylic acid groups (broad SMARTS) is 1. The number of hydrogen-bond donors (Lipinski definition) is 2. The Morgan fingerprint density at radius 1 is 0.848 bits per heavy atom. The molecule has 3 fully saturated rings. The van der Waals surface area contributed by atoms with Crippen molar-refractivity contribution in [3.8, 4) is 0 Å². The third kappa shape index (κ3) is 11.2. The third-order valence-electron chi connectivity index (χ3n) is 13.4. The van der Waals surface area contributed by atoms with Gasteiger partial charge in [-0.1, -0.05) is 123 Å². The summed E-state index contributed by atoms with van der Waals surface area (Å²) in [4.78, 5) is 10.3. The van der Waals surface area contributed by atoms with Crippen LogP contribution in [0.1, 0.15) is 189 Å². The Kier molecular flexibility index (Phi) is 16.9. The summed E-state index contributed by atoms with van der Waals surface area (Å²) < 4.78 is 0. The summed E-state index contributed by atoms with van der Waals surface area (Å²) in [5.74, 6) is 4.79. The number of rotatable bonds is 18. The van der Waals surface area contributed by atoms with Crippen LogP contribution in [0.3, 0.4) is 0 Å². The molecule has 4 aliphatic carbocycles. The topological polar surface area (TPSA) is 57.5 Å². The zero-order valence-corrected chi connectivity index (χ0v) is 31.3. The normalized spacial score (nSPS) is 32.7. The lowest BCUT2D eigenvalue weighted by Gasteiger charge is -2.58. The molecule has 4 aliphatic rings. The molecule has 8 atom stereocenters. The van der Waals surface area contributed by atoms with E-state index in [1.54, 1.807) is 5.57 Å². The number of unbranched alkanes of at least 4 members (excludes halogenated alkanes) is 9. The average molecular weight is 641 g/mol. The second-order valence-electron chi connectivity index (χ2n) is 17.2. The standard InChI is InChI=1S/C27H46O.C16H30O2/c1-18(2)7-6-8-19(3)23-11-12-24-22-10-9-20-17-21(28)13-15-26(20,4)25(22)14-16-27(23,24)5;1-2-3-4-5-6-7-8-9-10-11-12-13-14-15-16(17)18/h9,18-19,21-25,28H,6-8,10-17H2,1-5H3;7-8H,2-6,9-15H2,1H3,(H,17,18)/b;8-7-/t19?,21-,22-,23+,24-,25-,26-,27+;/m0./s1. The average Bonchev–Trinajstić information content (AvgIpc) is 3.37. The molecule has 3 saturated carbocycles. The fraction of sp³-hybridized carbons (Fsp3) is 0.884. The van der Waals surface area contributed by atoms with Crippen LogP contribution in [0.15, 0.2) is 23.8 Å². The van der Waals surface area contributed by atoms with Crippen molar-refractivity contribution in [2.75, 3.05) is 0 Å². The lowest BCUT2D eigenvalue weighted by atomic mass is 9.47. The predicted octanol–water partition coefficient (Wildman–Crippen LogP) is 12.7.